The first-order chi connectivity index (χ1) is 10.4. The highest BCUT2D eigenvalue weighted by Crippen LogP contribution is 2.40. The maximum absolute atomic E-state index is 10.1. The second kappa shape index (κ2) is 5.91. The predicted octanol–water partition coefficient (Wildman–Crippen LogP) is -4.35. The van der Waals surface area contributed by atoms with Crippen LogP contribution in [-0.2, 0) is 18.9 Å². The van der Waals surface area contributed by atoms with E-state index in [0.29, 0.717) is 0 Å². The zero-order valence-corrected chi connectivity index (χ0v) is 11.6. The van der Waals surface area contributed by atoms with Gasteiger partial charge < -0.3 is 49.6 Å². The number of aliphatic hydroxyl groups is 6. The monoisotopic (exact) mass is 324 g/mol. The highest BCUT2D eigenvalue weighted by atomic mass is 16.8. The summed E-state index contributed by atoms with van der Waals surface area (Å²) in [5.74, 6) is -1.77. The van der Waals surface area contributed by atoms with Crippen LogP contribution in [0.15, 0.2) is 0 Å². The van der Waals surface area contributed by atoms with Gasteiger partial charge in [-0.05, 0) is 0 Å². The Hall–Kier alpha value is -0.400. The predicted molar refractivity (Wildman–Crippen MR) is 65.3 cm³/mol. The number of aliphatic hydroxyl groups excluding tert-OH is 6. The molecule has 3 heterocycles. The Morgan fingerprint density at radius 1 is 0.864 bits per heavy atom. The quantitative estimate of drug-likeness (QED) is 0.293. The van der Waals surface area contributed by atoms with Crippen LogP contribution in [0.2, 0.25) is 0 Å². The molecule has 0 aromatic heterocycles. The molecule has 3 aliphatic rings. The van der Waals surface area contributed by atoms with Crippen LogP contribution in [0.1, 0.15) is 0 Å². The Kier molecular flexibility index (Phi) is 4.42. The highest BCUT2D eigenvalue weighted by molar-refractivity contribution is 5.01. The summed E-state index contributed by atoms with van der Waals surface area (Å²) in [5.41, 5.74) is 0. The van der Waals surface area contributed by atoms with Crippen molar-refractivity contribution in [2.75, 3.05) is 19.8 Å². The molecule has 128 valence electrons. The van der Waals surface area contributed by atoms with Gasteiger partial charge in [0.2, 0.25) is 5.79 Å². The van der Waals surface area contributed by atoms with E-state index in [-0.39, 0.29) is 6.61 Å². The molecular weight excluding hydrogens is 304 g/mol. The highest BCUT2D eigenvalue weighted by Gasteiger charge is 2.62. The lowest BCUT2D eigenvalue weighted by molar-refractivity contribution is -0.420. The van der Waals surface area contributed by atoms with E-state index in [1.165, 1.54) is 0 Å². The Labute approximate surface area is 125 Å². The molecule has 3 aliphatic heterocycles. The zero-order valence-electron chi connectivity index (χ0n) is 11.6. The van der Waals surface area contributed by atoms with Crippen LogP contribution in [0, 0.1) is 0 Å². The fourth-order valence-corrected chi connectivity index (χ4v) is 3.00. The number of hydrogen-bond acceptors (Lipinski definition) is 10. The number of rotatable bonds is 2. The lowest BCUT2D eigenvalue weighted by Crippen LogP contribution is -2.67. The summed E-state index contributed by atoms with van der Waals surface area (Å²) < 4.78 is 21.6. The summed E-state index contributed by atoms with van der Waals surface area (Å²) >= 11 is 0. The minimum atomic E-state index is -1.77. The summed E-state index contributed by atoms with van der Waals surface area (Å²) in [6.45, 7) is -1.37. The van der Waals surface area contributed by atoms with Gasteiger partial charge in [0.15, 0.2) is 6.29 Å². The zero-order chi connectivity index (χ0) is 16.1. The molecule has 22 heavy (non-hydrogen) atoms. The average molecular weight is 324 g/mol. The Morgan fingerprint density at radius 2 is 1.55 bits per heavy atom. The SMILES string of the molecule is OC[C@H]1O[C@@]2(CO[C@H]3O[C@H](CO)[C@@H](O)[C@H](O)[C@H]3O2)[C@@H](O)[C@@H]1O. The van der Waals surface area contributed by atoms with E-state index in [0.717, 1.165) is 0 Å². The summed E-state index contributed by atoms with van der Waals surface area (Å²) in [7, 11) is 0. The second-order valence-corrected chi connectivity index (χ2v) is 5.69. The Balaban J connectivity index is 1.78. The van der Waals surface area contributed by atoms with Crippen LogP contribution < -0.4 is 0 Å². The Morgan fingerprint density at radius 3 is 2.14 bits per heavy atom. The minimum Gasteiger partial charge on any atom is -0.394 e. The lowest BCUT2D eigenvalue weighted by atomic mass is 9.97. The normalized spacial score (nSPS) is 55.4. The number of ether oxygens (including phenoxy) is 4. The average Bonchev–Trinajstić information content (AvgIpc) is 2.76. The van der Waals surface area contributed by atoms with E-state index < -0.39 is 68.0 Å². The van der Waals surface area contributed by atoms with Crippen molar-refractivity contribution in [1.29, 1.82) is 0 Å². The van der Waals surface area contributed by atoms with E-state index in [9.17, 15) is 20.4 Å². The molecule has 0 bridgehead atoms. The van der Waals surface area contributed by atoms with Gasteiger partial charge in [0.1, 0.15) is 49.3 Å². The summed E-state index contributed by atoms with van der Waals surface area (Å²) in [5, 5.41) is 58.1. The van der Waals surface area contributed by atoms with Gasteiger partial charge in [-0.1, -0.05) is 0 Å². The van der Waals surface area contributed by atoms with Crippen molar-refractivity contribution in [2.24, 2.45) is 0 Å². The van der Waals surface area contributed by atoms with Gasteiger partial charge in [-0.25, -0.2) is 0 Å². The lowest BCUT2D eigenvalue weighted by Gasteiger charge is -2.49. The third kappa shape index (κ3) is 2.36. The van der Waals surface area contributed by atoms with E-state index >= 15 is 0 Å². The minimum absolute atomic E-state index is 0.316. The van der Waals surface area contributed by atoms with Crippen molar-refractivity contribution in [3.05, 3.63) is 0 Å². The first-order valence-corrected chi connectivity index (χ1v) is 7.00. The molecule has 1 spiro atoms. The molecule has 0 unspecified atom stereocenters. The number of hydrogen-bond donors (Lipinski definition) is 6. The van der Waals surface area contributed by atoms with Crippen molar-refractivity contribution in [1.82, 2.24) is 0 Å². The topological polar surface area (TPSA) is 158 Å². The second-order valence-electron chi connectivity index (χ2n) is 5.69. The maximum atomic E-state index is 10.1. The molecule has 0 saturated carbocycles. The summed E-state index contributed by atoms with van der Waals surface area (Å²) in [6, 6.07) is 0. The Bertz CT molecular complexity index is 405. The van der Waals surface area contributed by atoms with E-state index in [1.807, 2.05) is 0 Å². The van der Waals surface area contributed by atoms with Crippen molar-refractivity contribution < 1.29 is 49.6 Å². The largest absolute Gasteiger partial charge is 0.394 e. The number of fused-ring (bicyclic) bond motifs is 1. The standard InChI is InChI=1S/C12H20O10/c13-1-4-6(15)8(17)9-11(20-4)19-3-12(22-9)10(18)7(16)5(2-14)21-12/h4-11,13-18H,1-3H2/t4-,5-,6-,7-,8+,9-,10+,11+,12-/m1/s1. The first-order valence-electron chi connectivity index (χ1n) is 7.00. The van der Waals surface area contributed by atoms with Crippen molar-refractivity contribution in [2.45, 2.75) is 54.8 Å². The molecule has 10 nitrogen and oxygen atoms in total. The fraction of sp³-hybridized carbons (Fsp3) is 1.00. The molecule has 10 heteroatoms. The van der Waals surface area contributed by atoms with Crippen LogP contribution in [0.25, 0.3) is 0 Å². The van der Waals surface area contributed by atoms with Crippen LogP contribution in [-0.4, -0.2) is 105 Å². The summed E-state index contributed by atoms with van der Waals surface area (Å²) in [6.07, 6.45) is -10.1. The molecule has 0 aromatic carbocycles. The summed E-state index contributed by atoms with van der Waals surface area (Å²) in [4.78, 5) is 0. The van der Waals surface area contributed by atoms with Crippen molar-refractivity contribution in [3.8, 4) is 0 Å². The van der Waals surface area contributed by atoms with Crippen LogP contribution in [0.3, 0.4) is 0 Å². The molecular formula is C12H20O10. The molecule has 0 radical (unpaired) electrons. The molecule has 3 fully saturated rings. The van der Waals surface area contributed by atoms with Crippen LogP contribution >= 0.6 is 0 Å². The van der Waals surface area contributed by atoms with Crippen molar-refractivity contribution in [3.63, 3.8) is 0 Å². The molecule has 3 saturated heterocycles. The first kappa shape index (κ1) is 16.5. The van der Waals surface area contributed by atoms with Gasteiger partial charge in [-0.2, -0.15) is 0 Å². The molecule has 0 aliphatic carbocycles. The van der Waals surface area contributed by atoms with Gasteiger partial charge in [-0.15, -0.1) is 0 Å². The van der Waals surface area contributed by atoms with Gasteiger partial charge >= 0.3 is 0 Å². The van der Waals surface area contributed by atoms with E-state index in [1.54, 1.807) is 0 Å². The molecule has 0 aromatic rings. The van der Waals surface area contributed by atoms with Gasteiger partial charge in [0, 0.05) is 0 Å². The van der Waals surface area contributed by atoms with Gasteiger partial charge in [0.25, 0.3) is 0 Å². The smallest absolute Gasteiger partial charge is 0.222 e. The third-order valence-electron chi connectivity index (χ3n) is 4.29. The third-order valence-corrected chi connectivity index (χ3v) is 4.29. The van der Waals surface area contributed by atoms with Crippen LogP contribution in [0.5, 0.6) is 0 Å². The van der Waals surface area contributed by atoms with E-state index in [2.05, 4.69) is 0 Å². The van der Waals surface area contributed by atoms with Crippen LogP contribution in [0.4, 0.5) is 0 Å². The van der Waals surface area contributed by atoms with Gasteiger partial charge in [0.05, 0.1) is 13.2 Å². The molecule has 6 N–H and O–H groups in total. The molecule has 9 atom stereocenters. The van der Waals surface area contributed by atoms with Crippen molar-refractivity contribution >= 4 is 0 Å². The maximum Gasteiger partial charge on any atom is 0.222 e. The molecule has 3 rings (SSSR count). The van der Waals surface area contributed by atoms with E-state index in [4.69, 9.17) is 29.2 Å². The fourth-order valence-electron chi connectivity index (χ4n) is 3.00. The van der Waals surface area contributed by atoms with Gasteiger partial charge in [-0.3, -0.25) is 0 Å². The molecule has 0 amide bonds.